The van der Waals surface area contributed by atoms with Crippen LogP contribution >= 0.6 is 0 Å². The number of carboxylic acid groups (broad SMARTS) is 1. The van der Waals surface area contributed by atoms with E-state index in [4.69, 9.17) is 9.47 Å². The van der Waals surface area contributed by atoms with Crippen LogP contribution in [0, 0.1) is 5.82 Å². The molecule has 0 fully saturated rings. The second-order valence-electron chi connectivity index (χ2n) is 10.6. The zero-order valence-electron chi connectivity index (χ0n) is 22.4. The first-order chi connectivity index (χ1) is 18.7. The normalized spacial score (nSPS) is 11.8. The molecule has 200 valence electrons. The Bertz CT molecular complexity index is 1640. The Morgan fingerprint density at radius 2 is 1.67 bits per heavy atom. The van der Waals surface area contributed by atoms with Gasteiger partial charge in [-0.25, -0.2) is 9.18 Å². The second-order valence-corrected chi connectivity index (χ2v) is 10.6. The van der Waals surface area contributed by atoms with Crippen molar-refractivity contribution in [2.24, 2.45) is 0 Å². The molecule has 4 aromatic carbocycles. The number of aromatic carboxylic acids is 1. The summed E-state index contributed by atoms with van der Waals surface area (Å²) < 4.78 is 28.4. The Labute approximate surface area is 227 Å². The molecule has 39 heavy (non-hydrogen) atoms. The molecule has 0 radical (unpaired) electrons. The van der Waals surface area contributed by atoms with E-state index in [0.29, 0.717) is 42.6 Å². The van der Waals surface area contributed by atoms with Crippen molar-refractivity contribution < 1.29 is 23.8 Å². The number of rotatable bonds is 9. The topological polar surface area (TPSA) is 60.7 Å². The lowest BCUT2D eigenvalue weighted by molar-refractivity contribution is -0.0147. The number of fused-ring (bicyclic) bond motifs is 2. The highest BCUT2D eigenvalue weighted by Crippen LogP contribution is 2.38. The van der Waals surface area contributed by atoms with Gasteiger partial charge in [-0.1, -0.05) is 60.7 Å². The van der Waals surface area contributed by atoms with Gasteiger partial charge in [0.1, 0.15) is 17.3 Å². The van der Waals surface area contributed by atoms with Gasteiger partial charge in [0.15, 0.2) is 0 Å². The number of carboxylic acids is 1. The number of ether oxygens (including phenoxy) is 2. The van der Waals surface area contributed by atoms with Gasteiger partial charge in [0.05, 0.1) is 18.8 Å². The minimum atomic E-state index is -1.07. The largest absolute Gasteiger partial charge is 0.493 e. The zero-order chi connectivity index (χ0) is 27.6. The van der Waals surface area contributed by atoms with E-state index in [0.717, 1.165) is 27.6 Å². The lowest BCUT2D eigenvalue weighted by atomic mass is 9.97. The summed E-state index contributed by atoms with van der Waals surface area (Å²) in [6, 6.07) is 26.0. The van der Waals surface area contributed by atoms with Gasteiger partial charge in [0, 0.05) is 28.4 Å². The van der Waals surface area contributed by atoms with Crippen molar-refractivity contribution in [2.75, 3.05) is 6.61 Å². The average molecular weight is 526 g/mol. The van der Waals surface area contributed by atoms with Gasteiger partial charge in [0.25, 0.3) is 0 Å². The molecule has 5 nitrogen and oxygen atoms in total. The van der Waals surface area contributed by atoms with Crippen LogP contribution < -0.4 is 4.74 Å². The minimum absolute atomic E-state index is 0.129. The summed E-state index contributed by atoms with van der Waals surface area (Å²) in [5.74, 6) is -0.692. The molecule has 5 rings (SSSR count). The minimum Gasteiger partial charge on any atom is -0.493 e. The maximum atomic E-state index is 14.5. The van der Waals surface area contributed by atoms with Crippen LogP contribution in [0.25, 0.3) is 32.8 Å². The van der Waals surface area contributed by atoms with Gasteiger partial charge in [-0.05, 0) is 68.0 Å². The van der Waals surface area contributed by atoms with E-state index in [-0.39, 0.29) is 11.3 Å². The smallest absolute Gasteiger partial charge is 0.353 e. The van der Waals surface area contributed by atoms with Crippen molar-refractivity contribution in [1.29, 1.82) is 0 Å². The molecule has 1 aromatic heterocycles. The summed E-state index contributed by atoms with van der Waals surface area (Å²) in [6.07, 6.45) is 0.568. The monoisotopic (exact) mass is 525 g/mol. The van der Waals surface area contributed by atoms with Crippen LogP contribution in [0.15, 0.2) is 84.9 Å². The molecule has 0 aliphatic heterocycles. The van der Waals surface area contributed by atoms with E-state index >= 15 is 0 Å². The van der Waals surface area contributed by atoms with Gasteiger partial charge < -0.3 is 19.1 Å². The number of halogens is 1. The molecule has 5 aromatic rings. The van der Waals surface area contributed by atoms with Crippen molar-refractivity contribution in [3.63, 3.8) is 0 Å². The SMILES string of the molecule is CC(C)(C)OCc1ccccc1-c1c(C(=O)O)n(CCCOc2cccc3ccccc23)c2ccc(F)cc12. The fraction of sp³-hybridized carbons (Fsp3) is 0.242. The third kappa shape index (κ3) is 5.66. The van der Waals surface area contributed by atoms with E-state index in [1.165, 1.54) is 12.1 Å². The Hall–Kier alpha value is -4.16. The first-order valence-corrected chi connectivity index (χ1v) is 13.1. The van der Waals surface area contributed by atoms with Gasteiger partial charge in [-0.3, -0.25) is 0 Å². The predicted octanol–water partition coefficient (Wildman–Crippen LogP) is 8.08. The van der Waals surface area contributed by atoms with Crippen molar-refractivity contribution in [3.05, 3.63) is 102 Å². The molecule has 0 spiro atoms. The third-order valence-electron chi connectivity index (χ3n) is 6.71. The molecule has 0 aliphatic carbocycles. The van der Waals surface area contributed by atoms with Crippen LogP contribution in [0.4, 0.5) is 4.39 Å². The Morgan fingerprint density at radius 1 is 0.923 bits per heavy atom. The Balaban J connectivity index is 1.50. The number of nitrogens with zero attached hydrogens (tertiary/aromatic N) is 1. The standard InChI is InChI=1S/C33H32FNO4/c1-33(2,3)39-21-23-11-5-7-14-26(23)30-27-20-24(34)16-17-28(27)35(31(30)32(36)37)18-9-19-38-29-15-8-12-22-10-4-6-13-25(22)29/h4-8,10-17,20H,9,18-19,21H2,1-3H3,(H,36,37). The fourth-order valence-electron chi connectivity index (χ4n) is 4.96. The maximum absolute atomic E-state index is 14.5. The van der Waals surface area contributed by atoms with Gasteiger partial charge in [0.2, 0.25) is 0 Å². The summed E-state index contributed by atoms with van der Waals surface area (Å²) >= 11 is 0. The Kier molecular flexibility index (Phi) is 7.40. The number of hydrogen-bond acceptors (Lipinski definition) is 3. The first kappa shape index (κ1) is 26.4. The summed E-state index contributed by atoms with van der Waals surface area (Å²) in [7, 11) is 0. The number of aromatic nitrogens is 1. The van der Waals surface area contributed by atoms with Crippen LogP contribution in [0.2, 0.25) is 0 Å². The van der Waals surface area contributed by atoms with Crippen LogP contribution in [-0.2, 0) is 17.9 Å². The van der Waals surface area contributed by atoms with Crippen LogP contribution in [0.1, 0.15) is 43.2 Å². The Morgan fingerprint density at radius 3 is 2.46 bits per heavy atom. The molecule has 6 heteroatoms. The highest BCUT2D eigenvalue weighted by molar-refractivity contribution is 6.08. The first-order valence-electron chi connectivity index (χ1n) is 13.1. The molecule has 0 aliphatic rings. The lowest BCUT2D eigenvalue weighted by Gasteiger charge is -2.21. The zero-order valence-corrected chi connectivity index (χ0v) is 22.4. The predicted molar refractivity (Wildman–Crippen MR) is 153 cm³/mol. The number of benzene rings is 4. The average Bonchev–Trinajstić information content (AvgIpc) is 3.23. The third-order valence-corrected chi connectivity index (χ3v) is 6.71. The molecule has 0 unspecified atom stereocenters. The van der Waals surface area contributed by atoms with E-state index < -0.39 is 11.8 Å². The van der Waals surface area contributed by atoms with Crippen LogP contribution in [-0.4, -0.2) is 27.9 Å². The molecule has 0 amide bonds. The molecule has 1 N–H and O–H groups in total. The highest BCUT2D eigenvalue weighted by atomic mass is 19.1. The molecule has 0 saturated heterocycles. The fourth-order valence-corrected chi connectivity index (χ4v) is 4.96. The quantitative estimate of drug-likeness (QED) is 0.198. The van der Waals surface area contributed by atoms with Crippen molar-refractivity contribution in [3.8, 4) is 16.9 Å². The molecule has 0 atom stereocenters. The maximum Gasteiger partial charge on any atom is 0.353 e. The van der Waals surface area contributed by atoms with Crippen molar-refractivity contribution >= 4 is 27.6 Å². The lowest BCUT2D eigenvalue weighted by Crippen LogP contribution is -2.19. The van der Waals surface area contributed by atoms with Gasteiger partial charge in [-0.15, -0.1) is 0 Å². The molecule has 0 saturated carbocycles. The van der Waals surface area contributed by atoms with E-state index in [9.17, 15) is 14.3 Å². The highest BCUT2D eigenvalue weighted by Gasteiger charge is 2.25. The number of hydrogen-bond donors (Lipinski definition) is 1. The molecular formula is C33H32FNO4. The number of aryl methyl sites for hydroxylation is 1. The molecule has 1 heterocycles. The van der Waals surface area contributed by atoms with Crippen molar-refractivity contribution in [1.82, 2.24) is 4.57 Å². The van der Waals surface area contributed by atoms with Crippen LogP contribution in [0.5, 0.6) is 5.75 Å². The second kappa shape index (κ2) is 10.9. The van der Waals surface area contributed by atoms with E-state index in [1.54, 1.807) is 10.6 Å². The summed E-state index contributed by atoms with van der Waals surface area (Å²) in [6.45, 7) is 7.02. The van der Waals surface area contributed by atoms with Gasteiger partial charge in [-0.2, -0.15) is 0 Å². The summed E-state index contributed by atoms with van der Waals surface area (Å²) in [5.41, 5.74) is 2.50. The number of carbonyl (C=O) groups is 1. The van der Waals surface area contributed by atoms with Crippen molar-refractivity contribution in [2.45, 2.75) is 45.9 Å². The van der Waals surface area contributed by atoms with E-state index in [1.807, 2.05) is 87.5 Å². The van der Waals surface area contributed by atoms with Crippen LogP contribution in [0.3, 0.4) is 0 Å². The van der Waals surface area contributed by atoms with E-state index in [2.05, 4.69) is 0 Å². The molecule has 0 bridgehead atoms. The summed E-state index contributed by atoms with van der Waals surface area (Å²) in [4.78, 5) is 12.7. The molecular weight excluding hydrogens is 493 g/mol. The summed E-state index contributed by atoms with van der Waals surface area (Å²) in [5, 5.41) is 13.1. The van der Waals surface area contributed by atoms with Gasteiger partial charge >= 0.3 is 5.97 Å².